The van der Waals surface area contributed by atoms with Crippen LogP contribution in [-0.2, 0) is 7.05 Å². The van der Waals surface area contributed by atoms with Crippen molar-refractivity contribution in [2.24, 2.45) is 7.05 Å². The minimum atomic E-state index is -1.75. The maximum absolute atomic E-state index is 9.62. The topological polar surface area (TPSA) is 43.6 Å². The third kappa shape index (κ3) is 3.52. The Bertz CT molecular complexity index is 1090. The fraction of sp³-hybridized carbons (Fsp3) is 0.286. The highest BCUT2D eigenvalue weighted by Crippen LogP contribution is 2.37. The molecule has 6 heteroatoms. The summed E-state index contributed by atoms with van der Waals surface area (Å²) in [5.74, 6) is 0.730. The van der Waals surface area contributed by atoms with Crippen molar-refractivity contribution in [3.63, 3.8) is 0 Å². The number of fused-ring (bicyclic) bond motifs is 2. The molecule has 3 heterocycles. The van der Waals surface area contributed by atoms with Gasteiger partial charge < -0.3 is 0 Å². The number of halogens is 2. The Kier molecular flexibility index (Phi) is 4.79. The molecule has 4 aromatic rings. The normalized spacial score (nSPS) is 14.0. The SMILES string of the molecule is Cn1cc2cc(-c3ccc4ccc(C5CCC5)cc4n3)cnc2n1.FCF. The molecule has 0 atom stereocenters. The smallest absolute Gasteiger partial charge is 0.229 e. The predicted molar refractivity (Wildman–Crippen MR) is 103 cm³/mol. The van der Waals surface area contributed by atoms with E-state index < -0.39 is 6.93 Å². The van der Waals surface area contributed by atoms with E-state index in [1.54, 1.807) is 4.68 Å². The van der Waals surface area contributed by atoms with Gasteiger partial charge in [0.15, 0.2) is 5.65 Å². The molecule has 27 heavy (non-hydrogen) atoms. The molecule has 0 bridgehead atoms. The molecular weight excluding hydrogens is 346 g/mol. The largest absolute Gasteiger partial charge is 0.273 e. The van der Waals surface area contributed by atoms with Gasteiger partial charge in [0.05, 0.1) is 11.2 Å². The molecule has 0 spiro atoms. The van der Waals surface area contributed by atoms with Crippen LogP contribution in [0.2, 0.25) is 0 Å². The highest BCUT2D eigenvalue weighted by Gasteiger charge is 2.19. The van der Waals surface area contributed by atoms with Crippen molar-refractivity contribution in [1.82, 2.24) is 19.7 Å². The van der Waals surface area contributed by atoms with Crippen LogP contribution in [0.4, 0.5) is 8.78 Å². The minimum absolute atomic E-state index is 0.730. The lowest BCUT2D eigenvalue weighted by Gasteiger charge is -2.25. The van der Waals surface area contributed by atoms with E-state index in [-0.39, 0.29) is 0 Å². The van der Waals surface area contributed by atoms with Crippen molar-refractivity contribution < 1.29 is 8.78 Å². The van der Waals surface area contributed by atoms with Crippen LogP contribution < -0.4 is 0 Å². The maximum atomic E-state index is 9.62. The Morgan fingerprint density at radius 2 is 1.85 bits per heavy atom. The van der Waals surface area contributed by atoms with E-state index in [2.05, 4.69) is 46.5 Å². The molecule has 3 aromatic heterocycles. The van der Waals surface area contributed by atoms with Gasteiger partial charge in [-0.15, -0.1) is 0 Å². The summed E-state index contributed by atoms with van der Waals surface area (Å²) in [6.45, 7) is -1.75. The van der Waals surface area contributed by atoms with Crippen LogP contribution in [0.1, 0.15) is 30.7 Å². The second kappa shape index (κ2) is 7.39. The molecule has 0 unspecified atom stereocenters. The summed E-state index contributed by atoms with van der Waals surface area (Å²) in [7, 11) is 1.91. The standard InChI is InChI=1S/C20H18N4.CH2F2/c1-24-12-17-9-16(11-21-20(17)23-24)18-8-7-14-5-6-15(10-19(14)22-18)13-3-2-4-13;2-1-3/h5-13H,2-4H2,1H3;1H2. The van der Waals surface area contributed by atoms with Crippen molar-refractivity contribution >= 4 is 21.9 Å². The zero-order valence-corrected chi connectivity index (χ0v) is 15.1. The Morgan fingerprint density at radius 3 is 2.59 bits per heavy atom. The van der Waals surface area contributed by atoms with Gasteiger partial charge in [0.2, 0.25) is 6.93 Å². The number of aromatic nitrogens is 4. The average molecular weight is 366 g/mol. The molecule has 0 aliphatic heterocycles. The first kappa shape index (κ1) is 17.5. The van der Waals surface area contributed by atoms with Crippen molar-refractivity contribution in [3.05, 3.63) is 54.4 Å². The van der Waals surface area contributed by atoms with Crippen LogP contribution in [0.15, 0.2) is 48.8 Å². The zero-order valence-electron chi connectivity index (χ0n) is 15.1. The summed E-state index contributed by atoms with van der Waals surface area (Å²) < 4.78 is 21.0. The first-order valence-electron chi connectivity index (χ1n) is 9.00. The Balaban J connectivity index is 0.000000565. The van der Waals surface area contributed by atoms with Gasteiger partial charge in [-0.25, -0.2) is 18.7 Å². The minimum Gasteiger partial charge on any atom is -0.273 e. The van der Waals surface area contributed by atoms with Gasteiger partial charge in [0, 0.05) is 35.8 Å². The van der Waals surface area contributed by atoms with Gasteiger partial charge in [0.25, 0.3) is 0 Å². The molecule has 0 N–H and O–H groups in total. The average Bonchev–Trinajstić information content (AvgIpc) is 2.99. The van der Waals surface area contributed by atoms with E-state index in [1.807, 2.05) is 19.4 Å². The summed E-state index contributed by atoms with van der Waals surface area (Å²) in [5.41, 5.74) is 5.27. The van der Waals surface area contributed by atoms with E-state index in [4.69, 9.17) is 4.98 Å². The van der Waals surface area contributed by atoms with Gasteiger partial charge in [0.1, 0.15) is 0 Å². The van der Waals surface area contributed by atoms with Crippen LogP contribution in [0.5, 0.6) is 0 Å². The number of rotatable bonds is 2. The Hall–Kier alpha value is -2.89. The van der Waals surface area contributed by atoms with Crippen molar-refractivity contribution in [3.8, 4) is 11.3 Å². The van der Waals surface area contributed by atoms with Crippen molar-refractivity contribution in [1.29, 1.82) is 0 Å². The Labute approximate surface area is 155 Å². The van der Waals surface area contributed by atoms with E-state index in [0.29, 0.717) is 0 Å². The molecular formula is C21H20F2N4. The van der Waals surface area contributed by atoms with Crippen LogP contribution in [0.3, 0.4) is 0 Å². The van der Waals surface area contributed by atoms with Gasteiger partial charge >= 0.3 is 0 Å². The molecule has 1 aliphatic rings. The number of pyridine rings is 2. The fourth-order valence-electron chi connectivity index (χ4n) is 3.46. The third-order valence-electron chi connectivity index (χ3n) is 5.06. The predicted octanol–water partition coefficient (Wildman–Crippen LogP) is 5.33. The van der Waals surface area contributed by atoms with Crippen LogP contribution >= 0.6 is 0 Å². The van der Waals surface area contributed by atoms with Crippen LogP contribution in [-0.4, -0.2) is 26.7 Å². The number of hydrogen-bond donors (Lipinski definition) is 0. The fourth-order valence-corrected chi connectivity index (χ4v) is 3.46. The van der Waals surface area contributed by atoms with E-state index in [1.165, 1.54) is 30.2 Å². The second-order valence-electron chi connectivity index (χ2n) is 6.82. The van der Waals surface area contributed by atoms with Crippen molar-refractivity contribution in [2.75, 3.05) is 6.93 Å². The Morgan fingerprint density at radius 1 is 1.07 bits per heavy atom. The number of benzene rings is 1. The monoisotopic (exact) mass is 366 g/mol. The lowest BCUT2D eigenvalue weighted by atomic mass is 9.80. The quantitative estimate of drug-likeness (QED) is 0.481. The molecule has 0 amide bonds. The second-order valence-corrected chi connectivity index (χ2v) is 6.82. The molecule has 1 fully saturated rings. The van der Waals surface area contributed by atoms with Gasteiger partial charge in [-0.1, -0.05) is 24.6 Å². The molecule has 1 saturated carbocycles. The molecule has 1 aliphatic carbocycles. The van der Waals surface area contributed by atoms with E-state index in [9.17, 15) is 8.78 Å². The number of hydrogen-bond acceptors (Lipinski definition) is 3. The summed E-state index contributed by atoms with van der Waals surface area (Å²) in [5, 5.41) is 6.56. The van der Waals surface area contributed by atoms with E-state index in [0.717, 1.165) is 33.7 Å². The third-order valence-corrected chi connectivity index (χ3v) is 5.06. The summed E-state index contributed by atoms with van der Waals surface area (Å²) in [4.78, 5) is 9.35. The first-order valence-corrected chi connectivity index (χ1v) is 9.00. The van der Waals surface area contributed by atoms with Crippen LogP contribution in [0.25, 0.3) is 33.2 Å². The summed E-state index contributed by atoms with van der Waals surface area (Å²) in [6, 6.07) is 13.1. The number of nitrogens with zero attached hydrogens (tertiary/aromatic N) is 4. The number of aryl methyl sites for hydroxylation is 1. The van der Waals surface area contributed by atoms with Gasteiger partial charge in [-0.3, -0.25) is 4.68 Å². The summed E-state index contributed by atoms with van der Waals surface area (Å²) >= 11 is 0. The molecule has 0 saturated heterocycles. The molecule has 138 valence electrons. The van der Waals surface area contributed by atoms with Crippen molar-refractivity contribution in [2.45, 2.75) is 25.2 Å². The lowest BCUT2D eigenvalue weighted by molar-refractivity contribution is 0.295. The number of alkyl halides is 2. The highest BCUT2D eigenvalue weighted by atomic mass is 19.3. The first-order chi connectivity index (χ1) is 13.2. The zero-order chi connectivity index (χ0) is 18.8. The maximum Gasteiger partial charge on any atom is 0.229 e. The lowest BCUT2D eigenvalue weighted by Crippen LogP contribution is -2.08. The summed E-state index contributed by atoms with van der Waals surface area (Å²) in [6.07, 6.45) is 7.83. The van der Waals surface area contributed by atoms with E-state index >= 15 is 0 Å². The molecule has 0 radical (unpaired) electrons. The van der Waals surface area contributed by atoms with Gasteiger partial charge in [-0.2, -0.15) is 5.10 Å². The van der Waals surface area contributed by atoms with Crippen LogP contribution in [0, 0.1) is 0 Å². The van der Waals surface area contributed by atoms with Gasteiger partial charge in [-0.05, 0) is 42.5 Å². The molecule has 4 nitrogen and oxygen atoms in total. The highest BCUT2D eigenvalue weighted by molar-refractivity contribution is 5.84. The molecule has 5 rings (SSSR count). The molecule has 1 aromatic carbocycles.